The van der Waals surface area contributed by atoms with Gasteiger partial charge in [-0.1, -0.05) is 31.2 Å². The lowest BCUT2D eigenvalue weighted by atomic mass is 10.0. The van der Waals surface area contributed by atoms with Crippen LogP contribution < -0.4 is 5.73 Å². The Labute approximate surface area is 155 Å². The molecule has 0 aliphatic heterocycles. The molecule has 4 aromatic rings. The zero-order chi connectivity index (χ0) is 19.1. The molecule has 0 radical (unpaired) electrons. The second-order valence-corrected chi connectivity index (χ2v) is 6.60. The number of carbonyl (C=O) groups excluding carboxylic acids is 1. The Kier molecular flexibility index (Phi) is 4.15. The smallest absolute Gasteiger partial charge is 0.249 e. The fourth-order valence-electron chi connectivity index (χ4n) is 3.61. The first-order valence-electron chi connectivity index (χ1n) is 8.77. The molecule has 136 valence electrons. The summed E-state index contributed by atoms with van der Waals surface area (Å²) < 4.78 is 29.0. The molecule has 0 spiro atoms. The molecule has 3 nitrogen and oxygen atoms in total. The molecule has 3 aromatic carbocycles. The molecule has 1 aromatic heterocycles. The maximum atomic E-state index is 13.7. The molecule has 0 fully saturated rings. The van der Waals surface area contributed by atoms with Crippen molar-refractivity contribution in [1.29, 1.82) is 0 Å². The van der Waals surface area contributed by atoms with Gasteiger partial charge in [-0.15, -0.1) is 0 Å². The first-order chi connectivity index (χ1) is 13.0. The van der Waals surface area contributed by atoms with Crippen molar-refractivity contribution in [2.24, 2.45) is 5.73 Å². The number of aromatic nitrogens is 1. The lowest BCUT2D eigenvalue weighted by Gasteiger charge is -2.09. The molecule has 1 amide bonds. The van der Waals surface area contributed by atoms with Gasteiger partial charge in [0.05, 0.1) is 5.52 Å². The molecule has 0 atom stereocenters. The predicted molar refractivity (Wildman–Crippen MR) is 103 cm³/mol. The van der Waals surface area contributed by atoms with E-state index in [0.29, 0.717) is 17.7 Å². The Balaban J connectivity index is 2.02. The van der Waals surface area contributed by atoms with Crippen molar-refractivity contribution in [3.05, 3.63) is 82.9 Å². The predicted octanol–water partition coefficient (Wildman–Crippen LogP) is 4.78. The van der Waals surface area contributed by atoms with Gasteiger partial charge in [0.1, 0.15) is 0 Å². The number of nitrogens with zero attached hydrogens (tertiary/aromatic N) is 1. The van der Waals surface area contributed by atoms with Crippen molar-refractivity contribution in [2.75, 3.05) is 0 Å². The third-order valence-electron chi connectivity index (χ3n) is 4.95. The summed E-state index contributed by atoms with van der Waals surface area (Å²) in [5.74, 6) is -2.24. The Morgan fingerprint density at radius 3 is 2.44 bits per heavy atom. The molecule has 2 N–H and O–H groups in total. The summed E-state index contributed by atoms with van der Waals surface area (Å²) in [7, 11) is 0. The highest BCUT2D eigenvalue weighted by atomic mass is 19.2. The van der Waals surface area contributed by atoms with E-state index < -0.39 is 17.5 Å². The van der Waals surface area contributed by atoms with E-state index >= 15 is 0 Å². The van der Waals surface area contributed by atoms with Crippen LogP contribution in [0.15, 0.2) is 54.6 Å². The largest absolute Gasteiger partial charge is 0.366 e. The van der Waals surface area contributed by atoms with Crippen LogP contribution >= 0.6 is 0 Å². The molecular formula is C22H18F2N2O. The van der Waals surface area contributed by atoms with Crippen molar-refractivity contribution in [2.45, 2.75) is 19.9 Å². The molecule has 5 heteroatoms. The van der Waals surface area contributed by atoms with Crippen LogP contribution in [0, 0.1) is 11.6 Å². The maximum Gasteiger partial charge on any atom is 0.249 e. The standard InChI is InChI=1S/C22H18F2N2O/c1-2-13-6-8-15-20(11-13)26(12-14-7-9-17(23)18(24)10-14)19-5-3-4-16(21(15)19)22(25)27/h3-11H,2,12H2,1H3,(H2,25,27). The number of aryl methyl sites for hydroxylation is 1. The fourth-order valence-corrected chi connectivity index (χ4v) is 3.61. The highest BCUT2D eigenvalue weighted by Gasteiger charge is 2.17. The second kappa shape index (κ2) is 6.50. The minimum absolute atomic E-state index is 0.354. The van der Waals surface area contributed by atoms with Crippen molar-refractivity contribution >= 4 is 27.7 Å². The quantitative estimate of drug-likeness (QED) is 0.556. The highest BCUT2D eigenvalue weighted by molar-refractivity contribution is 6.17. The van der Waals surface area contributed by atoms with Gasteiger partial charge in [-0.2, -0.15) is 0 Å². The first kappa shape index (κ1) is 17.2. The number of hydrogen-bond donors (Lipinski definition) is 1. The van der Waals surface area contributed by atoms with E-state index in [-0.39, 0.29) is 0 Å². The summed E-state index contributed by atoms with van der Waals surface area (Å²) in [6.07, 6.45) is 0.866. The lowest BCUT2D eigenvalue weighted by molar-refractivity contribution is 0.100. The number of benzene rings is 3. The van der Waals surface area contributed by atoms with Gasteiger partial charge >= 0.3 is 0 Å². The van der Waals surface area contributed by atoms with Gasteiger partial charge in [-0.3, -0.25) is 4.79 Å². The van der Waals surface area contributed by atoms with Crippen LogP contribution in [0.1, 0.15) is 28.4 Å². The van der Waals surface area contributed by atoms with Crippen LogP contribution in [0.2, 0.25) is 0 Å². The molecule has 27 heavy (non-hydrogen) atoms. The van der Waals surface area contributed by atoms with Gasteiger partial charge in [0.25, 0.3) is 0 Å². The Morgan fingerprint density at radius 1 is 0.963 bits per heavy atom. The monoisotopic (exact) mass is 364 g/mol. The average molecular weight is 364 g/mol. The van der Waals surface area contributed by atoms with Gasteiger partial charge in [0.15, 0.2) is 11.6 Å². The van der Waals surface area contributed by atoms with Gasteiger partial charge in [-0.05, 0) is 47.9 Å². The van der Waals surface area contributed by atoms with Crippen LogP contribution in [-0.4, -0.2) is 10.5 Å². The maximum absolute atomic E-state index is 13.7. The van der Waals surface area contributed by atoms with Crippen molar-refractivity contribution in [3.63, 3.8) is 0 Å². The molecule has 4 rings (SSSR count). The Hall–Kier alpha value is -3.21. The number of halogens is 2. The van der Waals surface area contributed by atoms with Crippen LogP contribution in [0.3, 0.4) is 0 Å². The summed E-state index contributed by atoms with van der Waals surface area (Å²) in [6, 6.07) is 15.4. The zero-order valence-corrected chi connectivity index (χ0v) is 14.8. The van der Waals surface area contributed by atoms with Crippen LogP contribution in [0.4, 0.5) is 8.78 Å². The van der Waals surface area contributed by atoms with Gasteiger partial charge in [0, 0.05) is 28.4 Å². The second-order valence-electron chi connectivity index (χ2n) is 6.60. The van der Waals surface area contributed by atoms with E-state index in [9.17, 15) is 13.6 Å². The van der Waals surface area contributed by atoms with Crippen molar-refractivity contribution in [1.82, 2.24) is 4.57 Å². The summed E-state index contributed by atoms with van der Waals surface area (Å²) in [5, 5.41) is 1.70. The molecule has 0 saturated carbocycles. The summed E-state index contributed by atoms with van der Waals surface area (Å²) in [6.45, 7) is 2.42. The summed E-state index contributed by atoms with van der Waals surface area (Å²) in [4.78, 5) is 12.0. The normalized spacial score (nSPS) is 11.4. The number of amides is 1. The first-order valence-corrected chi connectivity index (χ1v) is 8.77. The minimum atomic E-state index is -0.875. The zero-order valence-electron chi connectivity index (χ0n) is 14.8. The topological polar surface area (TPSA) is 48.0 Å². The average Bonchev–Trinajstić information content (AvgIpc) is 2.97. The van der Waals surface area contributed by atoms with Crippen LogP contribution in [0.25, 0.3) is 21.8 Å². The lowest BCUT2D eigenvalue weighted by Crippen LogP contribution is -2.11. The molecule has 0 aliphatic carbocycles. The van der Waals surface area contributed by atoms with Gasteiger partial charge < -0.3 is 10.3 Å². The van der Waals surface area contributed by atoms with Crippen LogP contribution in [0.5, 0.6) is 0 Å². The third kappa shape index (κ3) is 2.85. The number of rotatable bonds is 4. The van der Waals surface area contributed by atoms with E-state index in [4.69, 9.17) is 5.73 Å². The number of primary amides is 1. The number of fused-ring (bicyclic) bond motifs is 3. The molecule has 1 heterocycles. The third-order valence-corrected chi connectivity index (χ3v) is 4.95. The van der Waals surface area contributed by atoms with Gasteiger partial charge in [0.2, 0.25) is 5.91 Å². The van der Waals surface area contributed by atoms with Gasteiger partial charge in [-0.25, -0.2) is 8.78 Å². The Bertz CT molecular complexity index is 1190. The molecule has 0 aliphatic rings. The van der Waals surface area contributed by atoms with E-state index in [0.717, 1.165) is 39.9 Å². The molecule has 0 unspecified atom stereocenters. The van der Waals surface area contributed by atoms with E-state index in [2.05, 4.69) is 13.0 Å². The highest BCUT2D eigenvalue weighted by Crippen LogP contribution is 2.33. The number of hydrogen-bond acceptors (Lipinski definition) is 1. The molecule has 0 saturated heterocycles. The van der Waals surface area contributed by atoms with Crippen molar-refractivity contribution < 1.29 is 13.6 Å². The fraction of sp³-hybridized carbons (Fsp3) is 0.136. The van der Waals surface area contributed by atoms with E-state index in [1.807, 2.05) is 22.8 Å². The SMILES string of the molecule is CCc1ccc2c3c(C(N)=O)cccc3n(Cc3ccc(F)c(F)c3)c2c1. The number of carbonyl (C=O) groups is 1. The Morgan fingerprint density at radius 2 is 1.74 bits per heavy atom. The van der Waals surface area contributed by atoms with Crippen molar-refractivity contribution in [3.8, 4) is 0 Å². The summed E-state index contributed by atoms with van der Waals surface area (Å²) >= 11 is 0. The van der Waals surface area contributed by atoms with E-state index in [1.165, 1.54) is 6.07 Å². The van der Waals surface area contributed by atoms with Crippen LogP contribution in [-0.2, 0) is 13.0 Å². The summed E-state index contributed by atoms with van der Waals surface area (Å²) in [5.41, 5.74) is 9.59. The molecule has 0 bridgehead atoms. The molecular weight excluding hydrogens is 346 g/mol. The number of nitrogens with two attached hydrogens (primary N) is 1. The minimum Gasteiger partial charge on any atom is -0.366 e. The van der Waals surface area contributed by atoms with E-state index in [1.54, 1.807) is 18.2 Å².